The van der Waals surface area contributed by atoms with Crippen LogP contribution in [0.2, 0.25) is 0 Å². The first-order valence-corrected chi connectivity index (χ1v) is 4.81. The fourth-order valence-electron chi connectivity index (χ4n) is 0.634. The van der Waals surface area contributed by atoms with Gasteiger partial charge in [-0.05, 0) is 24.9 Å². The van der Waals surface area contributed by atoms with Crippen molar-refractivity contribution in [2.45, 2.75) is 19.3 Å². The molecule has 0 aromatic rings. The molecule has 0 spiro atoms. The number of aliphatic carboxylic acids is 1. The second-order valence-corrected chi connectivity index (χ2v) is 3.15. The molecule has 0 amide bonds. The number of carboxylic acids is 1. The lowest BCUT2D eigenvalue weighted by Gasteiger charge is -1.99. The third kappa shape index (κ3) is 5.91. The van der Waals surface area contributed by atoms with Crippen molar-refractivity contribution >= 4 is 23.5 Å². The third-order valence-electron chi connectivity index (χ3n) is 1.23. The van der Waals surface area contributed by atoms with Gasteiger partial charge < -0.3 is 9.90 Å². The molecule has 4 heteroatoms. The average molecular weight is 175 g/mol. The summed E-state index contributed by atoms with van der Waals surface area (Å²) >= 11 is 1.69. The van der Waals surface area contributed by atoms with E-state index in [9.17, 15) is 14.7 Å². The zero-order valence-electron chi connectivity index (χ0n) is 6.46. The summed E-state index contributed by atoms with van der Waals surface area (Å²) in [5, 5.41) is 9.90. The van der Waals surface area contributed by atoms with Crippen LogP contribution in [0.5, 0.6) is 0 Å². The zero-order chi connectivity index (χ0) is 8.69. The van der Waals surface area contributed by atoms with E-state index < -0.39 is 11.8 Å². The van der Waals surface area contributed by atoms with Crippen molar-refractivity contribution < 1.29 is 14.7 Å². The Balaban J connectivity index is 3.25. The summed E-state index contributed by atoms with van der Waals surface area (Å²) in [5.74, 6) is -1.37. The predicted octanol–water partition coefficient (Wildman–Crippen LogP) is -0.161. The van der Waals surface area contributed by atoms with Crippen molar-refractivity contribution in [3.05, 3.63) is 0 Å². The first kappa shape index (κ1) is 10.5. The van der Waals surface area contributed by atoms with E-state index in [4.69, 9.17) is 0 Å². The van der Waals surface area contributed by atoms with Crippen LogP contribution in [-0.4, -0.2) is 23.8 Å². The van der Waals surface area contributed by atoms with Crippen molar-refractivity contribution in [3.63, 3.8) is 0 Å². The van der Waals surface area contributed by atoms with Gasteiger partial charge in [0, 0.05) is 6.42 Å². The number of hydrogen-bond donors (Lipinski definition) is 0. The number of carbonyl (C=O) groups excluding carboxylic acids is 2. The summed E-state index contributed by atoms with van der Waals surface area (Å²) in [6.07, 6.45) is 3.62. The molecule has 0 aliphatic heterocycles. The minimum absolute atomic E-state index is 0.114. The van der Waals surface area contributed by atoms with Crippen molar-refractivity contribution in [2.75, 3.05) is 12.0 Å². The van der Waals surface area contributed by atoms with Crippen LogP contribution < -0.4 is 5.11 Å². The maximum atomic E-state index is 10.4. The molecule has 0 heterocycles. The normalized spacial score (nSPS) is 9.55. The number of rotatable bonds is 6. The number of Topliss-reactive ketones (excluding diaryl/α,β-unsaturated/α-hetero) is 1. The lowest BCUT2D eigenvalue weighted by Crippen LogP contribution is -2.31. The molecule has 0 aromatic carbocycles. The minimum Gasteiger partial charge on any atom is -0.542 e. The molecule has 0 saturated heterocycles. The van der Waals surface area contributed by atoms with Gasteiger partial charge in [-0.25, -0.2) is 0 Å². The molecule has 3 nitrogen and oxygen atoms in total. The van der Waals surface area contributed by atoms with E-state index in [0.29, 0.717) is 6.42 Å². The maximum absolute atomic E-state index is 10.4. The molecule has 0 atom stereocenters. The van der Waals surface area contributed by atoms with Crippen LogP contribution in [0.25, 0.3) is 0 Å². The SMILES string of the molecule is CSCCCCC(=O)C(=O)[O-]. The molecule has 0 unspecified atom stereocenters. The smallest absolute Gasteiger partial charge is 0.178 e. The highest BCUT2D eigenvalue weighted by Gasteiger charge is 2.00. The summed E-state index contributed by atoms with van der Waals surface area (Å²) in [7, 11) is 0. The number of thioether (sulfide) groups is 1. The van der Waals surface area contributed by atoms with Gasteiger partial charge in [0.05, 0.1) is 0 Å². The minimum atomic E-state index is -1.56. The Labute approximate surface area is 70.2 Å². The molecule has 0 aromatic heterocycles. The number of ketones is 1. The Kier molecular flexibility index (Phi) is 5.93. The highest BCUT2D eigenvalue weighted by atomic mass is 32.2. The van der Waals surface area contributed by atoms with E-state index in [1.807, 2.05) is 6.26 Å². The Morgan fingerprint density at radius 2 is 2.00 bits per heavy atom. The van der Waals surface area contributed by atoms with Crippen LogP contribution in [0.4, 0.5) is 0 Å². The fourth-order valence-corrected chi connectivity index (χ4v) is 1.13. The molecular weight excluding hydrogens is 164 g/mol. The van der Waals surface area contributed by atoms with Crippen molar-refractivity contribution in [1.82, 2.24) is 0 Å². The molecule has 0 N–H and O–H groups in total. The van der Waals surface area contributed by atoms with Gasteiger partial charge >= 0.3 is 0 Å². The van der Waals surface area contributed by atoms with Crippen LogP contribution >= 0.6 is 11.8 Å². The average Bonchev–Trinajstić information content (AvgIpc) is 1.97. The molecular formula is C7H11O3S-. The molecule has 0 radical (unpaired) electrons. The van der Waals surface area contributed by atoms with Gasteiger partial charge in [-0.15, -0.1) is 0 Å². The topological polar surface area (TPSA) is 57.2 Å². The summed E-state index contributed by atoms with van der Waals surface area (Å²) in [6, 6.07) is 0. The quantitative estimate of drug-likeness (QED) is 0.416. The van der Waals surface area contributed by atoms with E-state index in [1.54, 1.807) is 11.8 Å². The van der Waals surface area contributed by atoms with Crippen LogP contribution in [0.1, 0.15) is 19.3 Å². The van der Waals surface area contributed by atoms with E-state index in [-0.39, 0.29) is 6.42 Å². The lowest BCUT2D eigenvalue weighted by atomic mass is 10.2. The summed E-state index contributed by atoms with van der Waals surface area (Å²) in [6.45, 7) is 0. The molecule has 0 bridgehead atoms. The van der Waals surface area contributed by atoms with Gasteiger partial charge in [0.2, 0.25) is 0 Å². The highest BCUT2D eigenvalue weighted by molar-refractivity contribution is 7.98. The molecule has 0 aliphatic carbocycles. The highest BCUT2D eigenvalue weighted by Crippen LogP contribution is 2.02. The predicted molar refractivity (Wildman–Crippen MR) is 42.2 cm³/mol. The summed E-state index contributed by atoms with van der Waals surface area (Å²) in [4.78, 5) is 20.3. The van der Waals surface area contributed by atoms with Crippen molar-refractivity contribution in [1.29, 1.82) is 0 Å². The number of carbonyl (C=O) groups is 2. The second kappa shape index (κ2) is 6.22. The number of hydrogen-bond acceptors (Lipinski definition) is 4. The Hall–Kier alpha value is -0.510. The first-order chi connectivity index (χ1) is 5.18. The molecule has 0 fully saturated rings. The zero-order valence-corrected chi connectivity index (χ0v) is 7.28. The molecule has 0 saturated carbocycles. The van der Waals surface area contributed by atoms with Crippen LogP contribution in [-0.2, 0) is 9.59 Å². The van der Waals surface area contributed by atoms with E-state index >= 15 is 0 Å². The van der Waals surface area contributed by atoms with Gasteiger partial charge in [0.15, 0.2) is 5.78 Å². The number of carboxylic acid groups (broad SMARTS) is 1. The monoisotopic (exact) mass is 175 g/mol. The Morgan fingerprint density at radius 1 is 1.36 bits per heavy atom. The molecule has 11 heavy (non-hydrogen) atoms. The summed E-state index contributed by atoms with van der Waals surface area (Å²) in [5.41, 5.74) is 0. The van der Waals surface area contributed by atoms with Gasteiger partial charge in [0.25, 0.3) is 0 Å². The van der Waals surface area contributed by atoms with Gasteiger partial charge in [0.1, 0.15) is 5.97 Å². The summed E-state index contributed by atoms with van der Waals surface area (Å²) < 4.78 is 0. The van der Waals surface area contributed by atoms with E-state index in [2.05, 4.69) is 0 Å². The molecule has 0 rings (SSSR count). The second-order valence-electron chi connectivity index (χ2n) is 2.16. The van der Waals surface area contributed by atoms with Crippen molar-refractivity contribution in [2.24, 2.45) is 0 Å². The van der Waals surface area contributed by atoms with Crippen molar-refractivity contribution in [3.8, 4) is 0 Å². The van der Waals surface area contributed by atoms with Gasteiger partial charge in [-0.1, -0.05) is 0 Å². The van der Waals surface area contributed by atoms with Crippen LogP contribution in [0, 0.1) is 0 Å². The number of unbranched alkanes of at least 4 members (excludes halogenated alkanes) is 1. The standard InChI is InChI=1S/C7H12O3S/c1-11-5-3-2-4-6(8)7(9)10/h2-5H2,1H3,(H,9,10)/p-1. The van der Waals surface area contributed by atoms with E-state index in [0.717, 1.165) is 12.2 Å². The van der Waals surface area contributed by atoms with Gasteiger partial charge in [-0.2, -0.15) is 11.8 Å². The van der Waals surface area contributed by atoms with Gasteiger partial charge in [-0.3, -0.25) is 4.79 Å². The lowest BCUT2D eigenvalue weighted by molar-refractivity contribution is -0.300. The molecule has 64 valence electrons. The Bertz CT molecular complexity index is 145. The maximum Gasteiger partial charge on any atom is 0.178 e. The molecule has 0 aliphatic rings. The first-order valence-electron chi connectivity index (χ1n) is 3.41. The third-order valence-corrected chi connectivity index (χ3v) is 1.93. The Morgan fingerprint density at radius 3 is 2.45 bits per heavy atom. The van der Waals surface area contributed by atoms with Crippen LogP contribution in [0.15, 0.2) is 0 Å². The fraction of sp³-hybridized carbons (Fsp3) is 0.714. The van der Waals surface area contributed by atoms with Crippen LogP contribution in [0.3, 0.4) is 0 Å². The largest absolute Gasteiger partial charge is 0.542 e. The van der Waals surface area contributed by atoms with E-state index in [1.165, 1.54) is 0 Å².